The van der Waals surface area contributed by atoms with Crippen LogP contribution in [-0.2, 0) is 0 Å². The Bertz CT molecular complexity index is 461. The predicted molar refractivity (Wildman–Crippen MR) is 87.9 cm³/mol. The van der Waals surface area contributed by atoms with Crippen molar-refractivity contribution in [1.82, 2.24) is 5.32 Å². The molecule has 1 unspecified atom stereocenters. The van der Waals surface area contributed by atoms with Gasteiger partial charge in [0.05, 0.1) is 0 Å². The minimum absolute atomic E-state index is 0.0758. The van der Waals surface area contributed by atoms with E-state index in [1.807, 2.05) is 13.0 Å². The molecule has 1 aromatic carbocycles. The number of nitrogens with one attached hydrogen (secondary N) is 1. The lowest BCUT2D eigenvalue weighted by atomic mass is 9.70. The molecule has 1 fully saturated rings. The average molecular weight is 291 g/mol. The first-order valence-electron chi connectivity index (χ1n) is 8.48. The van der Waals surface area contributed by atoms with Gasteiger partial charge in [-0.05, 0) is 61.3 Å². The van der Waals surface area contributed by atoms with E-state index in [0.717, 1.165) is 17.7 Å². The molecule has 2 rings (SSSR count). The molecule has 1 N–H and O–H groups in total. The minimum atomic E-state index is -0.0758. The van der Waals surface area contributed by atoms with E-state index < -0.39 is 0 Å². The Balaban J connectivity index is 2.37. The van der Waals surface area contributed by atoms with Crippen molar-refractivity contribution in [2.75, 3.05) is 6.54 Å². The van der Waals surface area contributed by atoms with Gasteiger partial charge in [0.2, 0.25) is 0 Å². The second kappa shape index (κ2) is 6.91. The zero-order chi connectivity index (χ0) is 15.5. The van der Waals surface area contributed by atoms with Gasteiger partial charge >= 0.3 is 0 Å². The highest BCUT2D eigenvalue weighted by atomic mass is 19.1. The fourth-order valence-corrected chi connectivity index (χ4v) is 4.18. The Kier molecular flexibility index (Phi) is 5.43. The molecule has 118 valence electrons. The average Bonchev–Trinajstić information content (AvgIpc) is 2.88. The van der Waals surface area contributed by atoms with Gasteiger partial charge in [-0.3, -0.25) is 0 Å². The normalized spacial score (nSPS) is 19.1. The summed E-state index contributed by atoms with van der Waals surface area (Å²) in [5.41, 5.74) is 2.16. The van der Waals surface area contributed by atoms with E-state index in [1.54, 1.807) is 6.07 Å². The Hall–Kier alpha value is -0.890. The molecule has 0 bridgehead atoms. The molecule has 1 aliphatic rings. The predicted octanol–water partition coefficient (Wildman–Crippen LogP) is 5.39. The highest BCUT2D eigenvalue weighted by molar-refractivity contribution is 5.28. The minimum Gasteiger partial charge on any atom is -0.310 e. The maximum Gasteiger partial charge on any atom is 0.126 e. The molecule has 1 aromatic rings. The first-order valence-corrected chi connectivity index (χ1v) is 8.48. The van der Waals surface area contributed by atoms with Gasteiger partial charge in [0, 0.05) is 6.04 Å². The van der Waals surface area contributed by atoms with Crippen LogP contribution in [0.2, 0.25) is 0 Å². The largest absolute Gasteiger partial charge is 0.310 e. The summed E-state index contributed by atoms with van der Waals surface area (Å²) in [6, 6.07) is 6.07. The van der Waals surface area contributed by atoms with Crippen molar-refractivity contribution in [1.29, 1.82) is 0 Å². The summed E-state index contributed by atoms with van der Waals surface area (Å²) in [6.07, 6.45) is 6.36. The van der Waals surface area contributed by atoms with Gasteiger partial charge in [0.1, 0.15) is 5.82 Å². The lowest BCUT2D eigenvalue weighted by Crippen LogP contribution is -2.37. The number of hydrogen-bond acceptors (Lipinski definition) is 1. The van der Waals surface area contributed by atoms with Gasteiger partial charge in [-0.2, -0.15) is 0 Å². The lowest BCUT2D eigenvalue weighted by molar-refractivity contribution is 0.156. The van der Waals surface area contributed by atoms with Crippen LogP contribution in [0.15, 0.2) is 18.2 Å². The van der Waals surface area contributed by atoms with Gasteiger partial charge in [-0.1, -0.05) is 45.7 Å². The zero-order valence-corrected chi connectivity index (χ0v) is 14.0. The van der Waals surface area contributed by atoms with Crippen molar-refractivity contribution < 1.29 is 4.39 Å². The van der Waals surface area contributed by atoms with Crippen LogP contribution in [0.3, 0.4) is 0 Å². The van der Waals surface area contributed by atoms with Gasteiger partial charge in [-0.25, -0.2) is 4.39 Å². The molecule has 1 nitrogen and oxygen atoms in total. The second-order valence-corrected chi connectivity index (χ2v) is 7.17. The Morgan fingerprint density at radius 2 is 1.90 bits per heavy atom. The fraction of sp³-hybridized carbons (Fsp3) is 0.684. The molecule has 1 saturated carbocycles. The summed E-state index contributed by atoms with van der Waals surface area (Å²) in [5.74, 6) is 0.604. The molecule has 0 heterocycles. The monoisotopic (exact) mass is 291 g/mol. The van der Waals surface area contributed by atoms with E-state index >= 15 is 0 Å². The summed E-state index contributed by atoms with van der Waals surface area (Å²) in [6.45, 7) is 9.52. The number of benzene rings is 1. The molecule has 0 aromatic heterocycles. The highest BCUT2D eigenvalue weighted by Gasteiger charge is 2.42. The molecule has 0 saturated heterocycles. The SMILES string of the molecule is CCNC(c1ccc(C)c(F)c1)C1(CC(C)C)CCCC1. The zero-order valence-electron chi connectivity index (χ0n) is 14.0. The van der Waals surface area contributed by atoms with Crippen molar-refractivity contribution in [2.24, 2.45) is 11.3 Å². The summed E-state index contributed by atoms with van der Waals surface area (Å²) < 4.78 is 14.0. The van der Waals surface area contributed by atoms with E-state index in [2.05, 4.69) is 32.2 Å². The van der Waals surface area contributed by atoms with Gasteiger partial charge in [0.25, 0.3) is 0 Å². The van der Waals surface area contributed by atoms with Gasteiger partial charge < -0.3 is 5.32 Å². The Morgan fingerprint density at radius 1 is 1.24 bits per heavy atom. The van der Waals surface area contributed by atoms with Crippen LogP contribution < -0.4 is 5.32 Å². The Labute approximate surface area is 129 Å². The van der Waals surface area contributed by atoms with E-state index in [0.29, 0.717) is 11.3 Å². The molecule has 0 radical (unpaired) electrons. The second-order valence-electron chi connectivity index (χ2n) is 7.17. The number of hydrogen-bond donors (Lipinski definition) is 1. The van der Waals surface area contributed by atoms with Crippen molar-refractivity contribution in [3.05, 3.63) is 35.1 Å². The Morgan fingerprint density at radius 3 is 2.43 bits per heavy atom. The summed E-state index contributed by atoms with van der Waals surface area (Å²) >= 11 is 0. The van der Waals surface area contributed by atoms with Crippen LogP contribution in [0.5, 0.6) is 0 Å². The van der Waals surface area contributed by atoms with Gasteiger partial charge in [-0.15, -0.1) is 0 Å². The van der Waals surface area contributed by atoms with Crippen molar-refractivity contribution in [2.45, 2.75) is 65.8 Å². The topological polar surface area (TPSA) is 12.0 Å². The smallest absolute Gasteiger partial charge is 0.126 e. The van der Waals surface area contributed by atoms with Crippen LogP contribution >= 0.6 is 0 Å². The van der Waals surface area contributed by atoms with E-state index in [4.69, 9.17) is 0 Å². The molecule has 1 aliphatic carbocycles. The third kappa shape index (κ3) is 3.66. The van der Waals surface area contributed by atoms with E-state index in [1.165, 1.54) is 32.1 Å². The van der Waals surface area contributed by atoms with Crippen molar-refractivity contribution in [3.8, 4) is 0 Å². The number of rotatable bonds is 6. The summed E-state index contributed by atoms with van der Waals surface area (Å²) in [5, 5.41) is 3.67. The van der Waals surface area contributed by atoms with Gasteiger partial charge in [0.15, 0.2) is 0 Å². The molecule has 21 heavy (non-hydrogen) atoms. The summed E-state index contributed by atoms with van der Waals surface area (Å²) in [4.78, 5) is 0. The highest BCUT2D eigenvalue weighted by Crippen LogP contribution is 2.51. The quantitative estimate of drug-likeness (QED) is 0.741. The van der Waals surface area contributed by atoms with Crippen LogP contribution in [0.25, 0.3) is 0 Å². The first kappa shape index (κ1) is 16.5. The number of halogens is 1. The first-order chi connectivity index (χ1) is 9.98. The summed E-state index contributed by atoms with van der Waals surface area (Å²) in [7, 11) is 0. The molecular formula is C19H30FN. The van der Waals surface area contributed by atoms with Crippen LogP contribution in [-0.4, -0.2) is 6.54 Å². The molecule has 1 atom stereocenters. The maximum absolute atomic E-state index is 14.0. The van der Waals surface area contributed by atoms with Crippen molar-refractivity contribution >= 4 is 0 Å². The lowest BCUT2D eigenvalue weighted by Gasteiger charge is -2.40. The molecule has 0 aliphatic heterocycles. The fourth-order valence-electron chi connectivity index (χ4n) is 4.18. The third-order valence-electron chi connectivity index (χ3n) is 4.96. The van der Waals surface area contributed by atoms with Crippen molar-refractivity contribution in [3.63, 3.8) is 0 Å². The molecule has 2 heteroatoms. The van der Waals surface area contributed by atoms with Crippen LogP contribution in [0.1, 0.15) is 70.0 Å². The standard InChI is InChI=1S/C19H30FN/c1-5-21-18(16-9-8-15(4)17(20)12-16)19(13-14(2)3)10-6-7-11-19/h8-9,12,14,18,21H,5-7,10-11,13H2,1-4H3. The third-order valence-corrected chi connectivity index (χ3v) is 4.96. The van der Waals surface area contributed by atoms with Crippen LogP contribution in [0, 0.1) is 24.1 Å². The van der Waals surface area contributed by atoms with Crippen LogP contribution in [0.4, 0.5) is 4.39 Å². The number of aryl methyl sites for hydroxylation is 1. The van der Waals surface area contributed by atoms with E-state index in [-0.39, 0.29) is 11.9 Å². The maximum atomic E-state index is 14.0. The molecule has 0 amide bonds. The van der Waals surface area contributed by atoms with E-state index in [9.17, 15) is 4.39 Å². The molecular weight excluding hydrogens is 261 g/mol. The molecule has 0 spiro atoms.